The predicted molar refractivity (Wildman–Crippen MR) is 169 cm³/mol. The SMILES string of the molecule is CCOC(=O)C(CC[C@@H](C)[C@H](OC(=O)c1ccccc1P(c1ccccc1)c1ccccc1)[C@H](C)C(=O)OCC)C(C)=O. The first-order valence-corrected chi connectivity index (χ1v) is 16.1. The molecule has 0 amide bonds. The quantitative estimate of drug-likeness (QED) is 0.0999. The highest BCUT2D eigenvalue weighted by molar-refractivity contribution is 7.80. The topological polar surface area (TPSA) is 96.0 Å². The van der Waals surface area contributed by atoms with Gasteiger partial charge in [-0.2, -0.15) is 0 Å². The Morgan fingerprint density at radius 2 is 1.21 bits per heavy atom. The second-order valence-electron chi connectivity index (χ2n) is 10.4. The highest BCUT2D eigenvalue weighted by Gasteiger charge is 2.36. The fraction of sp³-hybridized carbons (Fsp3) is 0.371. The number of carbonyl (C=O) groups excluding carboxylic acids is 4. The fourth-order valence-electron chi connectivity index (χ4n) is 5.05. The molecule has 0 saturated heterocycles. The number of carbonyl (C=O) groups is 4. The molecule has 0 aliphatic carbocycles. The second kappa shape index (κ2) is 16.7. The molecule has 3 aromatic carbocycles. The maximum absolute atomic E-state index is 14.0. The van der Waals surface area contributed by atoms with Crippen molar-refractivity contribution in [1.29, 1.82) is 0 Å². The number of Topliss-reactive ketones (excluding diaryl/α,β-unsaturated/α-hetero) is 1. The lowest BCUT2D eigenvalue weighted by Crippen LogP contribution is -2.38. The van der Waals surface area contributed by atoms with Gasteiger partial charge in [-0.05, 0) is 76.4 Å². The number of esters is 3. The molecule has 3 aromatic rings. The minimum absolute atomic E-state index is 0.173. The van der Waals surface area contributed by atoms with Gasteiger partial charge in [0.2, 0.25) is 0 Å². The van der Waals surface area contributed by atoms with Gasteiger partial charge in [0, 0.05) is 0 Å². The van der Waals surface area contributed by atoms with Gasteiger partial charge in [-0.1, -0.05) is 85.8 Å². The van der Waals surface area contributed by atoms with Crippen molar-refractivity contribution in [2.24, 2.45) is 17.8 Å². The van der Waals surface area contributed by atoms with E-state index in [0.717, 1.165) is 15.9 Å². The first-order valence-electron chi connectivity index (χ1n) is 14.7. The van der Waals surface area contributed by atoms with E-state index in [1.165, 1.54) is 6.92 Å². The van der Waals surface area contributed by atoms with Gasteiger partial charge in [0.15, 0.2) is 0 Å². The average Bonchev–Trinajstić information content (AvgIpc) is 3.01. The number of hydrogen-bond donors (Lipinski definition) is 0. The number of benzene rings is 3. The molecule has 0 aliphatic heterocycles. The van der Waals surface area contributed by atoms with E-state index in [1.54, 1.807) is 32.9 Å². The first-order chi connectivity index (χ1) is 20.7. The minimum atomic E-state index is -1.09. The molecule has 228 valence electrons. The van der Waals surface area contributed by atoms with E-state index in [-0.39, 0.29) is 31.3 Å². The lowest BCUT2D eigenvalue weighted by atomic mass is 9.86. The van der Waals surface area contributed by atoms with Crippen LogP contribution in [0.4, 0.5) is 0 Å². The molecule has 0 N–H and O–H groups in total. The number of rotatable bonds is 15. The molecule has 0 radical (unpaired) electrons. The van der Waals surface area contributed by atoms with Gasteiger partial charge in [-0.15, -0.1) is 0 Å². The van der Waals surface area contributed by atoms with Crippen LogP contribution in [0.5, 0.6) is 0 Å². The maximum Gasteiger partial charge on any atom is 0.339 e. The maximum atomic E-state index is 14.0. The zero-order valence-corrected chi connectivity index (χ0v) is 26.4. The van der Waals surface area contributed by atoms with E-state index >= 15 is 0 Å². The Balaban J connectivity index is 1.96. The third kappa shape index (κ3) is 9.08. The molecule has 1 unspecified atom stereocenters. The molecular weight excluding hydrogens is 563 g/mol. The molecule has 7 nitrogen and oxygen atoms in total. The summed E-state index contributed by atoms with van der Waals surface area (Å²) in [6.07, 6.45) is -0.287. The van der Waals surface area contributed by atoms with Gasteiger partial charge in [-0.3, -0.25) is 14.4 Å². The van der Waals surface area contributed by atoms with Gasteiger partial charge in [-0.25, -0.2) is 4.79 Å². The lowest BCUT2D eigenvalue weighted by Gasteiger charge is -2.30. The third-order valence-electron chi connectivity index (χ3n) is 7.32. The van der Waals surface area contributed by atoms with Crippen LogP contribution in [0.25, 0.3) is 0 Å². The van der Waals surface area contributed by atoms with E-state index in [4.69, 9.17) is 14.2 Å². The molecule has 0 aromatic heterocycles. The summed E-state index contributed by atoms with van der Waals surface area (Å²) in [5.74, 6) is -3.94. The van der Waals surface area contributed by atoms with Crippen LogP contribution in [0.15, 0.2) is 84.9 Å². The van der Waals surface area contributed by atoms with Gasteiger partial charge in [0.1, 0.15) is 17.8 Å². The standard InChI is InChI=1S/C35H41O7P/c1-6-40-33(37)25(4)32(24(3)22-23-29(26(5)36)34(38)41-7-2)42-35(39)30-20-14-15-21-31(30)43(27-16-10-8-11-17-27)28-18-12-9-13-19-28/h8-21,24-25,29,32H,6-7,22-23H2,1-5H3/t24-,25+,29?,32+/m1/s1. The summed E-state index contributed by atoms with van der Waals surface area (Å²) in [5, 5.41) is 3.01. The van der Waals surface area contributed by atoms with Crippen molar-refractivity contribution in [3.8, 4) is 0 Å². The number of ether oxygens (including phenoxy) is 3. The van der Waals surface area contributed by atoms with Crippen molar-refractivity contribution >= 4 is 47.5 Å². The Bertz CT molecular complexity index is 1320. The summed E-state index contributed by atoms with van der Waals surface area (Å²) in [6, 6.07) is 27.5. The van der Waals surface area contributed by atoms with Crippen molar-refractivity contribution in [3.05, 3.63) is 90.5 Å². The number of hydrogen-bond acceptors (Lipinski definition) is 7. The molecule has 0 saturated carbocycles. The van der Waals surface area contributed by atoms with Crippen LogP contribution in [0.1, 0.15) is 57.8 Å². The van der Waals surface area contributed by atoms with Gasteiger partial charge < -0.3 is 14.2 Å². The molecule has 8 heteroatoms. The molecular formula is C35H41O7P. The largest absolute Gasteiger partial charge is 0.466 e. The van der Waals surface area contributed by atoms with Gasteiger partial charge in [0.05, 0.1) is 24.7 Å². The smallest absolute Gasteiger partial charge is 0.339 e. The second-order valence-corrected chi connectivity index (χ2v) is 12.6. The minimum Gasteiger partial charge on any atom is -0.466 e. The zero-order chi connectivity index (χ0) is 31.4. The van der Waals surface area contributed by atoms with Gasteiger partial charge in [0.25, 0.3) is 0 Å². The summed E-state index contributed by atoms with van der Waals surface area (Å²) < 4.78 is 16.5. The van der Waals surface area contributed by atoms with E-state index < -0.39 is 43.8 Å². The Morgan fingerprint density at radius 3 is 1.74 bits per heavy atom. The Morgan fingerprint density at radius 1 is 0.698 bits per heavy atom. The van der Waals surface area contributed by atoms with Crippen LogP contribution in [0.3, 0.4) is 0 Å². The van der Waals surface area contributed by atoms with E-state index in [1.807, 2.05) is 55.5 Å². The Hall–Kier alpha value is -3.83. The molecule has 3 rings (SSSR count). The van der Waals surface area contributed by atoms with Crippen molar-refractivity contribution in [1.82, 2.24) is 0 Å². The molecule has 0 aliphatic rings. The highest BCUT2D eigenvalue weighted by atomic mass is 31.1. The van der Waals surface area contributed by atoms with Crippen LogP contribution in [0.2, 0.25) is 0 Å². The van der Waals surface area contributed by atoms with Crippen molar-refractivity contribution in [3.63, 3.8) is 0 Å². The lowest BCUT2D eigenvalue weighted by molar-refractivity contribution is -0.154. The third-order valence-corrected chi connectivity index (χ3v) is 9.82. The van der Waals surface area contributed by atoms with Crippen molar-refractivity contribution in [2.75, 3.05) is 13.2 Å². The van der Waals surface area contributed by atoms with Crippen LogP contribution < -0.4 is 15.9 Å². The Labute approximate surface area is 255 Å². The molecule has 4 atom stereocenters. The van der Waals surface area contributed by atoms with Gasteiger partial charge >= 0.3 is 17.9 Å². The van der Waals surface area contributed by atoms with Crippen LogP contribution >= 0.6 is 7.92 Å². The summed E-state index contributed by atoms with van der Waals surface area (Å²) in [6.45, 7) is 8.65. The molecule has 0 bridgehead atoms. The molecule has 43 heavy (non-hydrogen) atoms. The monoisotopic (exact) mass is 604 g/mol. The van der Waals surface area contributed by atoms with E-state index in [2.05, 4.69) is 24.3 Å². The van der Waals surface area contributed by atoms with Crippen molar-refractivity contribution < 1.29 is 33.4 Å². The van der Waals surface area contributed by atoms with Crippen molar-refractivity contribution in [2.45, 2.75) is 53.6 Å². The summed E-state index contributed by atoms with van der Waals surface area (Å²) in [4.78, 5) is 51.4. The molecule has 0 fully saturated rings. The van der Waals surface area contributed by atoms with E-state index in [0.29, 0.717) is 12.0 Å². The van der Waals surface area contributed by atoms with Crippen LogP contribution in [-0.4, -0.2) is 43.0 Å². The predicted octanol–water partition coefficient (Wildman–Crippen LogP) is 5.35. The fourth-order valence-corrected chi connectivity index (χ4v) is 7.49. The molecule has 0 spiro atoms. The Kier molecular flexibility index (Phi) is 13.1. The normalized spacial score (nSPS) is 13.8. The van der Waals surface area contributed by atoms with Crippen LogP contribution in [-0.2, 0) is 28.6 Å². The first kappa shape index (κ1) is 33.7. The highest BCUT2D eigenvalue weighted by Crippen LogP contribution is 2.35. The van der Waals surface area contributed by atoms with E-state index in [9.17, 15) is 19.2 Å². The number of ketones is 1. The summed E-state index contributed by atoms with van der Waals surface area (Å²) >= 11 is 0. The summed E-state index contributed by atoms with van der Waals surface area (Å²) in [7, 11) is -1.09. The molecule has 0 heterocycles. The average molecular weight is 605 g/mol. The van der Waals surface area contributed by atoms with Crippen LogP contribution in [0, 0.1) is 17.8 Å². The summed E-state index contributed by atoms with van der Waals surface area (Å²) in [5.41, 5.74) is 0.419. The zero-order valence-electron chi connectivity index (χ0n) is 25.5.